The lowest BCUT2D eigenvalue weighted by atomic mass is 10.1. The maximum Gasteiger partial charge on any atom is 0.453 e. The van der Waals surface area contributed by atoms with Gasteiger partial charge in [-0.1, -0.05) is 6.92 Å². The van der Waals surface area contributed by atoms with Crippen LogP contribution in [-0.4, -0.2) is 54.7 Å². The van der Waals surface area contributed by atoms with Gasteiger partial charge in [0, 0.05) is 24.1 Å². The van der Waals surface area contributed by atoms with Crippen LogP contribution < -0.4 is 4.90 Å². The fourth-order valence-corrected chi connectivity index (χ4v) is 3.20. The number of ether oxygens (including phenoxy) is 1. The number of morpholine rings is 1. The summed E-state index contributed by atoms with van der Waals surface area (Å²) in [5, 5.41) is 18.2. The molecular weight excluding hydrogens is 377 g/mol. The molecule has 0 bridgehead atoms. The van der Waals surface area contributed by atoms with Crippen LogP contribution in [0.15, 0.2) is 0 Å². The number of hydrogen-bond acceptors (Lipinski definition) is 7. The average molecular weight is 396 g/mol. The molecule has 1 aliphatic heterocycles. The van der Waals surface area contributed by atoms with Crippen molar-refractivity contribution in [3.8, 4) is 0 Å². The summed E-state index contributed by atoms with van der Waals surface area (Å²) >= 11 is 0. The summed E-state index contributed by atoms with van der Waals surface area (Å²) in [7, 11) is 0. The van der Waals surface area contributed by atoms with Crippen LogP contribution >= 0.6 is 0 Å². The highest BCUT2D eigenvalue weighted by atomic mass is 19.4. The van der Waals surface area contributed by atoms with E-state index in [9.17, 15) is 13.2 Å². The number of aromatic amines is 1. The first kappa shape index (κ1) is 18.6. The fourth-order valence-electron chi connectivity index (χ4n) is 3.20. The highest BCUT2D eigenvalue weighted by Gasteiger charge is 2.38. The zero-order valence-corrected chi connectivity index (χ0v) is 15.6. The normalized spacial score (nSPS) is 18.2. The number of nitrogens with one attached hydrogen (secondary N) is 1. The molecular formula is C16H19F3N8O. The summed E-state index contributed by atoms with van der Waals surface area (Å²) in [4.78, 5) is 6.28. The third-order valence-corrected chi connectivity index (χ3v) is 4.86. The van der Waals surface area contributed by atoms with Crippen LogP contribution in [0.3, 0.4) is 0 Å². The maximum absolute atomic E-state index is 13.3. The number of aromatic nitrogens is 7. The number of halogens is 3. The lowest BCUT2D eigenvalue weighted by Gasteiger charge is -2.33. The summed E-state index contributed by atoms with van der Waals surface area (Å²) in [6.45, 7) is 6.73. The summed E-state index contributed by atoms with van der Waals surface area (Å²) in [6, 6.07) is 0. The van der Waals surface area contributed by atoms with Crippen molar-refractivity contribution >= 4 is 11.5 Å². The third-order valence-electron chi connectivity index (χ3n) is 4.86. The van der Waals surface area contributed by atoms with Crippen LogP contribution in [0.25, 0.3) is 5.65 Å². The van der Waals surface area contributed by atoms with Gasteiger partial charge in [-0.3, -0.25) is 5.10 Å². The van der Waals surface area contributed by atoms with Gasteiger partial charge in [-0.25, -0.2) is 4.98 Å². The minimum absolute atomic E-state index is 0.0972. The minimum atomic E-state index is -4.64. The molecule has 1 atom stereocenters. The van der Waals surface area contributed by atoms with E-state index in [2.05, 4.69) is 30.5 Å². The molecule has 0 aliphatic carbocycles. The van der Waals surface area contributed by atoms with Gasteiger partial charge in [-0.15, -0.1) is 15.3 Å². The van der Waals surface area contributed by atoms with E-state index in [0.717, 1.165) is 15.9 Å². The molecule has 12 heteroatoms. The van der Waals surface area contributed by atoms with E-state index in [-0.39, 0.29) is 5.65 Å². The summed E-state index contributed by atoms with van der Waals surface area (Å²) in [5.41, 5.74) is 1.45. The van der Waals surface area contributed by atoms with E-state index in [1.54, 1.807) is 6.92 Å². The van der Waals surface area contributed by atoms with Gasteiger partial charge in [0.1, 0.15) is 11.9 Å². The zero-order valence-electron chi connectivity index (χ0n) is 15.6. The average Bonchev–Trinajstić information content (AvgIpc) is 3.31. The molecule has 150 valence electrons. The first-order chi connectivity index (χ1) is 13.3. The Morgan fingerprint density at radius 1 is 1.21 bits per heavy atom. The van der Waals surface area contributed by atoms with Crippen LogP contribution in [-0.2, 0) is 17.3 Å². The van der Waals surface area contributed by atoms with Gasteiger partial charge in [0.2, 0.25) is 0 Å². The second-order valence-corrected chi connectivity index (χ2v) is 6.63. The molecule has 3 aromatic rings. The Morgan fingerprint density at radius 3 is 2.68 bits per heavy atom. The van der Waals surface area contributed by atoms with Crippen LogP contribution in [0.4, 0.5) is 19.0 Å². The molecule has 1 unspecified atom stereocenters. The monoisotopic (exact) mass is 396 g/mol. The Kier molecular flexibility index (Phi) is 4.44. The standard InChI is InChI=1S/C16H19F3N8O/c1-4-11-20-12(22-21-11)10-7-26(5-6-28-10)14-9(3)8(2)13-23-24-15(16(17,18)19)27(13)25-14/h10H,4-7H2,1-3H3,(H,20,21,22). The number of nitrogens with zero attached hydrogens (tertiary/aromatic N) is 7. The lowest BCUT2D eigenvalue weighted by molar-refractivity contribution is -0.146. The molecule has 4 heterocycles. The van der Waals surface area contributed by atoms with Crippen molar-refractivity contribution in [2.75, 3.05) is 24.6 Å². The van der Waals surface area contributed by atoms with Crippen LogP contribution in [0, 0.1) is 13.8 Å². The number of fused-ring (bicyclic) bond motifs is 1. The smallest absolute Gasteiger partial charge is 0.366 e. The van der Waals surface area contributed by atoms with Crippen molar-refractivity contribution in [2.45, 2.75) is 39.5 Å². The number of rotatable bonds is 3. The molecule has 1 N–H and O–H groups in total. The van der Waals surface area contributed by atoms with Gasteiger partial charge in [0.15, 0.2) is 17.3 Å². The third kappa shape index (κ3) is 3.07. The zero-order chi connectivity index (χ0) is 20.1. The predicted molar refractivity (Wildman–Crippen MR) is 91.9 cm³/mol. The Balaban J connectivity index is 1.72. The summed E-state index contributed by atoms with van der Waals surface area (Å²) < 4.78 is 46.3. The predicted octanol–water partition coefficient (Wildman–Crippen LogP) is 2.02. The summed E-state index contributed by atoms with van der Waals surface area (Å²) in [5.74, 6) is 0.576. The van der Waals surface area contributed by atoms with Gasteiger partial charge in [-0.05, 0) is 13.8 Å². The van der Waals surface area contributed by atoms with Crippen molar-refractivity contribution in [3.05, 3.63) is 28.6 Å². The van der Waals surface area contributed by atoms with Gasteiger partial charge in [0.25, 0.3) is 5.82 Å². The van der Waals surface area contributed by atoms with Gasteiger partial charge >= 0.3 is 6.18 Å². The molecule has 0 amide bonds. The Bertz CT molecular complexity index is 1010. The molecule has 9 nitrogen and oxygen atoms in total. The van der Waals surface area contributed by atoms with Crippen molar-refractivity contribution in [2.24, 2.45) is 0 Å². The molecule has 0 spiro atoms. The number of aryl methyl sites for hydroxylation is 2. The maximum atomic E-state index is 13.3. The van der Waals surface area contributed by atoms with E-state index in [4.69, 9.17) is 4.74 Å². The molecule has 0 saturated carbocycles. The molecule has 1 aliphatic rings. The second kappa shape index (κ2) is 6.69. The number of anilines is 1. The van der Waals surface area contributed by atoms with E-state index in [0.29, 0.717) is 43.3 Å². The van der Waals surface area contributed by atoms with Gasteiger partial charge in [-0.2, -0.15) is 22.8 Å². The van der Waals surface area contributed by atoms with Crippen molar-refractivity contribution in [1.82, 2.24) is 35.0 Å². The number of alkyl halides is 3. The fraction of sp³-hybridized carbons (Fsp3) is 0.562. The first-order valence-corrected chi connectivity index (χ1v) is 8.87. The second-order valence-electron chi connectivity index (χ2n) is 6.63. The number of hydrogen-bond donors (Lipinski definition) is 1. The van der Waals surface area contributed by atoms with Gasteiger partial charge in [0.05, 0.1) is 13.2 Å². The number of H-pyrrole nitrogens is 1. The van der Waals surface area contributed by atoms with Crippen LogP contribution in [0.5, 0.6) is 0 Å². The molecule has 28 heavy (non-hydrogen) atoms. The quantitative estimate of drug-likeness (QED) is 0.723. The lowest BCUT2D eigenvalue weighted by Crippen LogP contribution is -2.40. The Hall–Kier alpha value is -2.76. The van der Waals surface area contributed by atoms with Crippen molar-refractivity contribution in [3.63, 3.8) is 0 Å². The molecule has 3 aromatic heterocycles. The van der Waals surface area contributed by atoms with E-state index < -0.39 is 18.1 Å². The largest absolute Gasteiger partial charge is 0.453 e. The minimum Gasteiger partial charge on any atom is -0.366 e. The van der Waals surface area contributed by atoms with E-state index in [1.165, 1.54) is 0 Å². The topological polar surface area (TPSA) is 97.1 Å². The SMILES string of the molecule is CCc1nc(C2CN(c3nn4c(C(F)(F)F)nnc4c(C)c3C)CCO2)n[nH]1. The van der Waals surface area contributed by atoms with Crippen LogP contribution in [0.2, 0.25) is 0 Å². The van der Waals surface area contributed by atoms with Gasteiger partial charge < -0.3 is 9.64 Å². The highest BCUT2D eigenvalue weighted by molar-refractivity contribution is 5.59. The highest BCUT2D eigenvalue weighted by Crippen LogP contribution is 2.32. The van der Waals surface area contributed by atoms with E-state index >= 15 is 0 Å². The molecule has 1 fully saturated rings. The Labute approximate surface area is 157 Å². The molecule has 1 saturated heterocycles. The van der Waals surface area contributed by atoms with Crippen LogP contribution in [0.1, 0.15) is 41.6 Å². The molecule has 0 aromatic carbocycles. The molecule has 4 rings (SSSR count). The van der Waals surface area contributed by atoms with Crippen molar-refractivity contribution in [1.29, 1.82) is 0 Å². The molecule has 0 radical (unpaired) electrons. The van der Waals surface area contributed by atoms with Crippen molar-refractivity contribution < 1.29 is 17.9 Å². The summed E-state index contributed by atoms with van der Waals surface area (Å²) in [6.07, 6.45) is -4.33. The van der Waals surface area contributed by atoms with E-state index in [1.807, 2.05) is 18.7 Å². The first-order valence-electron chi connectivity index (χ1n) is 8.87. The Morgan fingerprint density at radius 2 is 2.00 bits per heavy atom.